The number of nitrogens with zero attached hydrogens (tertiary/aromatic N) is 4. The lowest BCUT2D eigenvalue weighted by Crippen LogP contribution is -2.57. The molecule has 1 aromatic carbocycles. The summed E-state index contributed by atoms with van der Waals surface area (Å²) in [7, 11) is 2.55. The number of aromatic amines is 2. The molecular weight excluding hydrogens is 688 g/mol. The molecule has 2 aromatic heterocycles. The summed E-state index contributed by atoms with van der Waals surface area (Å²) in [6, 6.07) is 6.32. The molecular formula is C40H50N8O6. The number of rotatable bonds is 8. The average molecular weight is 739 g/mol. The van der Waals surface area contributed by atoms with Gasteiger partial charge in [0.15, 0.2) is 0 Å². The van der Waals surface area contributed by atoms with E-state index in [9.17, 15) is 19.2 Å². The van der Waals surface area contributed by atoms with Crippen LogP contribution in [0.5, 0.6) is 0 Å². The molecule has 0 radical (unpaired) electrons. The van der Waals surface area contributed by atoms with Gasteiger partial charge in [0.1, 0.15) is 34.6 Å². The van der Waals surface area contributed by atoms with Crippen LogP contribution in [0.4, 0.5) is 9.59 Å². The lowest BCUT2D eigenvalue weighted by Gasteiger charge is -2.34. The number of imidazole rings is 2. The van der Waals surface area contributed by atoms with Crippen molar-refractivity contribution in [2.75, 3.05) is 27.3 Å². The second-order valence-electron chi connectivity index (χ2n) is 14.8. The van der Waals surface area contributed by atoms with Crippen LogP contribution in [-0.4, -0.2) is 92.6 Å². The van der Waals surface area contributed by atoms with Crippen LogP contribution in [0.2, 0.25) is 0 Å². The smallest absolute Gasteiger partial charge is 0.407 e. The van der Waals surface area contributed by atoms with Crippen molar-refractivity contribution in [2.24, 2.45) is 17.8 Å². The molecule has 0 spiro atoms. The summed E-state index contributed by atoms with van der Waals surface area (Å²) in [4.78, 5) is 70.4. The molecule has 0 bridgehead atoms. The highest BCUT2D eigenvalue weighted by Gasteiger charge is 2.44. The Morgan fingerprint density at radius 2 is 1.31 bits per heavy atom. The Balaban J connectivity index is 1.23. The van der Waals surface area contributed by atoms with E-state index < -0.39 is 23.8 Å². The molecule has 14 nitrogen and oxygen atoms in total. The Hall–Kier alpha value is -5.76. The van der Waals surface area contributed by atoms with Gasteiger partial charge in [0.25, 0.3) is 0 Å². The second-order valence-corrected chi connectivity index (χ2v) is 14.8. The number of alkyl carbamates (subject to hydrolysis) is 2. The molecule has 2 saturated heterocycles. The first kappa shape index (κ1) is 39.4. The van der Waals surface area contributed by atoms with Crippen molar-refractivity contribution in [1.29, 1.82) is 0 Å². The molecule has 2 fully saturated rings. The molecule has 0 aliphatic carbocycles. The van der Waals surface area contributed by atoms with Gasteiger partial charge in [-0.1, -0.05) is 46.5 Å². The van der Waals surface area contributed by atoms with Gasteiger partial charge in [-0.15, -0.1) is 0 Å². The fourth-order valence-corrected chi connectivity index (χ4v) is 6.90. The number of carbonyl (C=O) groups is 4. The molecule has 6 atom stereocenters. The fraction of sp³-hybridized carbons (Fsp3) is 0.500. The molecule has 286 valence electrons. The van der Waals surface area contributed by atoms with E-state index in [1.165, 1.54) is 14.2 Å². The number of ether oxygens (including phenoxy) is 2. The summed E-state index contributed by atoms with van der Waals surface area (Å²) in [6.07, 6.45) is 3.93. The quantitative estimate of drug-likeness (QED) is 0.242. The highest BCUT2D eigenvalue weighted by atomic mass is 16.5. The van der Waals surface area contributed by atoms with E-state index in [1.807, 2.05) is 45.0 Å². The van der Waals surface area contributed by atoms with Gasteiger partial charge < -0.3 is 39.9 Å². The van der Waals surface area contributed by atoms with Gasteiger partial charge >= 0.3 is 12.2 Å². The van der Waals surface area contributed by atoms with Crippen LogP contribution in [0.25, 0.3) is 0 Å². The first-order valence-corrected chi connectivity index (χ1v) is 18.3. The van der Waals surface area contributed by atoms with Gasteiger partial charge in [0, 0.05) is 24.2 Å². The highest BCUT2D eigenvalue weighted by molar-refractivity contribution is 5.90. The van der Waals surface area contributed by atoms with E-state index in [0.717, 1.165) is 24.0 Å². The van der Waals surface area contributed by atoms with Gasteiger partial charge in [0.2, 0.25) is 11.8 Å². The molecule has 2 aliphatic rings. The fourth-order valence-electron chi connectivity index (χ4n) is 6.90. The van der Waals surface area contributed by atoms with Crippen molar-refractivity contribution in [3.8, 4) is 23.7 Å². The Kier molecular flexibility index (Phi) is 12.4. The molecule has 54 heavy (non-hydrogen) atoms. The van der Waals surface area contributed by atoms with Gasteiger partial charge in [0.05, 0.1) is 38.7 Å². The van der Waals surface area contributed by atoms with Crippen LogP contribution in [-0.2, 0) is 19.1 Å². The maximum absolute atomic E-state index is 13.7. The number of aromatic nitrogens is 4. The van der Waals surface area contributed by atoms with Crippen LogP contribution in [0.3, 0.4) is 0 Å². The number of hydrogen-bond acceptors (Lipinski definition) is 8. The minimum Gasteiger partial charge on any atom is -0.453 e. The third kappa shape index (κ3) is 9.05. The topological polar surface area (TPSA) is 175 Å². The molecule has 0 saturated carbocycles. The minimum absolute atomic E-state index is 0.125. The van der Waals surface area contributed by atoms with Gasteiger partial charge in [-0.05, 0) is 80.0 Å². The summed E-state index contributed by atoms with van der Waals surface area (Å²) < 4.78 is 9.50. The monoisotopic (exact) mass is 738 g/mol. The summed E-state index contributed by atoms with van der Waals surface area (Å²) in [5, 5.41) is 5.39. The van der Waals surface area contributed by atoms with Crippen molar-refractivity contribution in [2.45, 2.75) is 84.5 Å². The zero-order valence-corrected chi connectivity index (χ0v) is 32.2. The van der Waals surface area contributed by atoms with Crippen molar-refractivity contribution >= 4 is 24.0 Å². The average Bonchev–Trinajstić information content (AvgIpc) is 3.98. The third-order valence-corrected chi connectivity index (χ3v) is 10.1. The maximum Gasteiger partial charge on any atom is 0.407 e. The molecule has 3 aromatic rings. The summed E-state index contributed by atoms with van der Waals surface area (Å²) >= 11 is 0. The van der Waals surface area contributed by atoms with E-state index in [2.05, 4.69) is 68.1 Å². The number of benzene rings is 1. The van der Waals surface area contributed by atoms with Crippen molar-refractivity contribution < 1.29 is 28.7 Å². The van der Waals surface area contributed by atoms with E-state index in [0.29, 0.717) is 42.5 Å². The number of amides is 4. The Bertz CT molecular complexity index is 1960. The first-order valence-electron chi connectivity index (χ1n) is 18.3. The number of carbonyl (C=O) groups excluding carboxylic acids is 4. The van der Waals surface area contributed by atoms with Crippen LogP contribution < -0.4 is 10.6 Å². The molecule has 2 aliphatic heterocycles. The largest absolute Gasteiger partial charge is 0.453 e. The summed E-state index contributed by atoms with van der Waals surface area (Å²) in [6.45, 7) is 12.6. The third-order valence-electron chi connectivity index (χ3n) is 10.1. The molecule has 4 N–H and O–H groups in total. The molecule has 0 unspecified atom stereocenters. The van der Waals surface area contributed by atoms with Crippen LogP contribution in [0.1, 0.15) is 107 Å². The predicted octanol–water partition coefficient (Wildman–Crippen LogP) is 4.66. The Morgan fingerprint density at radius 3 is 1.78 bits per heavy atom. The lowest BCUT2D eigenvalue weighted by molar-refractivity contribution is -0.139. The number of nitrogens with one attached hydrogen (secondary N) is 4. The van der Waals surface area contributed by atoms with E-state index in [1.54, 1.807) is 29.1 Å². The summed E-state index contributed by atoms with van der Waals surface area (Å²) in [5.74, 6) is 13.9. The zero-order valence-electron chi connectivity index (χ0n) is 32.2. The molecule has 14 heteroatoms. The minimum atomic E-state index is -1.11. The number of hydrogen-bond donors (Lipinski definition) is 4. The van der Waals surface area contributed by atoms with Crippen LogP contribution in [0.15, 0.2) is 36.7 Å². The lowest BCUT2D eigenvalue weighted by atomic mass is 9.96. The van der Waals surface area contributed by atoms with Gasteiger partial charge in [-0.25, -0.2) is 19.6 Å². The Labute approximate surface area is 316 Å². The predicted molar refractivity (Wildman–Crippen MR) is 200 cm³/mol. The number of methoxy groups -OCH3 is 2. The van der Waals surface area contributed by atoms with Gasteiger partial charge in [-0.3, -0.25) is 9.59 Å². The maximum atomic E-state index is 13.7. The van der Waals surface area contributed by atoms with Crippen molar-refractivity contribution in [3.63, 3.8) is 0 Å². The number of H-pyrrole nitrogens is 2. The number of likely N-dealkylation sites (tertiary alicyclic amines) is 2. The SMILES string of the molecule is CC[C@](C)(NC(=O)OC)C(=O)N1C[C@@H](C)C[C@H]1c1ncc(C#Cc2ccc(C#Cc3cnc([C@@H]4C[C@H](C)CN4C(=O)[C@@H](NC(=O)OC)C(C)C)[nH]3)cc2)[nH]1. The molecule has 4 heterocycles. The zero-order chi connectivity index (χ0) is 39.2. The molecule has 5 rings (SSSR count). The van der Waals surface area contributed by atoms with E-state index in [4.69, 9.17) is 9.47 Å². The Morgan fingerprint density at radius 1 is 0.833 bits per heavy atom. The van der Waals surface area contributed by atoms with Crippen LogP contribution >= 0.6 is 0 Å². The summed E-state index contributed by atoms with van der Waals surface area (Å²) in [5.41, 5.74) is 1.73. The van der Waals surface area contributed by atoms with E-state index in [-0.39, 0.29) is 41.7 Å². The standard InChI is InChI=1S/C40H50N8O6/c1-9-40(6,46-39(52)54-8)37(50)48-23-26(5)19-32(48)35-42-21-30(44-35)17-15-28-12-10-27(11-13-28)14-16-29-20-41-34(43-29)31-18-25(4)22-47(31)36(49)33(24(2)3)45-38(51)53-7/h10-13,20-21,24-26,31-33H,9,18-19,22-23H2,1-8H3,(H,41,43)(H,42,44)(H,45,51)(H,46,52)/t25-,26-,31-,32-,33-,40-/m0/s1. The van der Waals surface area contributed by atoms with E-state index >= 15 is 0 Å². The second kappa shape index (κ2) is 16.9. The first-order chi connectivity index (χ1) is 25.7. The van der Waals surface area contributed by atoms with Gasteiger partial charge in [-0.2, -0.15) is 0 Å². The normalized spacial score (nSPS) is 20.9. The van der Waals surface area contributed by atoms with Crippen molar-refractivity contribution in [3.05, 3.63) is 70.8 Å². The highest BCUT2D eigenvalue weighted by Crippen LogP contribution is 2.37. The van der Waals surface area contributed by atoms with Crippen LogP contribution in [0, 0.1) is 41.4 Å². The molecule has 4 amide bonds. The van der Waals surface area contributed by atoms with Crippen molar-refractivity contribution in [1.82, 2.24) is 40.4 Å².